The Kier molecular flexibility index (Phi) is 20.2. The van der Waals surface area contributed by atoms with Gasteiger partial charge >= 0.3 is 5.97 Å². The standard InChI is InChI=1S/C42H68N16O8/c1-6-20-64-22-24-66-25-23-65-21-11-45-40-46-41(55-16-12-53(13-17-55)38(62)34(9-10-35(60)61)57-27-33(50-51-57)36(44)29(4)7-2)48-42(47-40)56-18-14-54(15-19-56)39(63)37(30(5)8-3)58-26-32(49-52-58)31(43)28-59/h1,26-27,29-31,34,36-37,59H,7-25,28,43-44H2,2-5H3,(H,60,61)(H,45,46,47,48)/t29-,30+,31?,34+,36?,37?/m1/s1. The van der Waals surface area contributed by atoms with Crippen LogP contribution in [0.3, 0.4) is 0 Å². The molecule has 66 heavy (non-hydrogen) atoms. The summed E-state index contributed by atoms with van der Waals surface area (Å²) in [4.78, 5) is 61.8. The topological polar surface area (TPSA) is 296 Å². The number of amides is 2. The van der Waals surface area contributed by atoms with Crippen LogP contribution in [-0.4, -0.2) is 188 Å². The maximum atomic E-state index is 14.1. The first-order chi connectivity index (χ1) is 31.9. The number of aliphatic carboxylic acids is 1. The molecule has 0 aromatic carbocycles. The number of nitrogens with two attached hydrogens (primary N) is 2. The highest BCUT2D eigenvalue weighted by Gasteiger charge is 2.35. The molecule has 7 N–H and O–H groups in total. The summed E-state index contributed by atoms with van der Waals surface area (Å²) in [5, 5.41) is 39.1. The van der Waals surface area contributed by atoms with Crippen molar-refractivity contribution in [2.24, 2.45) is 23.3 Å². The van der Waals surface area contributed by atoms with Gasteiger partial charge in [0.15, 0.2) is 0 Å². The third-order valence-corrected chi connectivity index (χ3v) is 12.0. The van der Waals surface area contributed by atoms with E-state index in [1.54, 1.807) is 22.0 Å². The fourth-order valence-corrected chi connectivity index (χ4v) is 7.47. The zero-order chi connectivity index (χ0) is 47.6. The first-order valence-corrected chi connectivity index (χ1v) is 22.8. The van der Waals surface area contributed by atoms with Crippen LogP contribution >= 0.6 is 0 Å². The lowest BCUT2D eigenvalue weighted by Gasteiger charge is -2.38. The van der Waals surface area contributed by atoms with Crippen molar-refractivity contribution in [3.8, 4) is 12.3 Å². The molecule has 0 radical (unpaired) electrons. The number of hydrogen-bond acceptors (Lipinski definition) is 19. The summed E-state index contributed by atoms with van der Waals surface area (Å²) in [6.07, 6.45) is 9.86. The van der Waals surface area contributed by atoms with Crippen LogP contribution in [-0.2, 0) is 28.6 Å². The number of rotatable bonds is 27. The molecule has 2 amide bonds. The van der Waals surface area contributed by atoms with Crippen LogP contribution in [0, 0.1) is 24.2 Å². The number of carbonyl (C=O) groups excluding carboxylic acids is 2. The number of anilines is 3. The normalized spacial score (nSPS) is 17.2. The number of aromatic nitrogens is 9. The number of carboxylic acids is 1. The van der Waals surface area contributed by atoms with Crippen LogP contribution in [0.25, 0.3) is 0 Å². The Morgan fingerprint density at radius 1 is 0.773 bits per heavy atom. The Morgan fingerprint density at radius 2 is 1.32 bits per heavy atom. The van der Waals surface area contributed by atoms with Crippen LogP contribution in [0.5, 0.6) is 0 Å². The third-order valence-electron chi connectivity index (χ3n) is 12.0. The number of aliphatic hydroxyl groups is 1. The van der Waals surface area contributed by atoms with E-state index < -0.39 is 24.1 Å². The molecule has 0 spiro atoms. The number of carboxylic acid groups (broad SMARTS) is 1. The van der Waals surface area contributed by atoms with E-state index in [2.05, 4.69) is 31.9 Å². The monoisotopic (exact) mass is 925 g/mol. The van der Waals surface area contributed by atoms with Crippen LogP contribution in [0.4, 0.5) is 17.8 Å². The highest BCUT2D eigenvalue weighted by Crippen LogP contribution is 2.27. The minimum absolute atomic E-state index is 0.0400. The Bertz CT molecular complexity index is 2010. The molecule has 2 fully saturated rings. The minimum Gasteiger partial charge on any atom is -0.481 e. The van der Waals surface area contributed by atoms with Gasteiger partial charge in [0.25, 0.3) is 0 Å². The second-order valence-corrected chi connectivity index (χ2v) is 16.5. The lowest BCUT2D eigenvalue weighted by molar-refractivity contribution is -0.139. The van der Waals surface area contributed by atoms with Gasteiger partial charge in [-0.05, 0) is 18.3 Å². The highest BCUT2D eigenvalue weighted by molar-refractivity contribution is 5.82. The maximum Gasteiger partial charge on any atom is 0.303 e. The van der Waals surface area contributed by atoms with Gasteiger partial charge in [-0.15, -0.1) is 16.6 Å². The molecule has 24 nitrogen and oxygen atoms in total. The summed E-state index contributed by atoms with van der Waals surface area (Å²) in [7, 11) is 0. The van der Waals surface area contributed by atoms with E-state index in [1.165, 1.54) is 4.68 Å². The molecule has 5 heterocycles. The second-order valence-electron chi connectivity index (χ2n) is 16.5. The lowest BCUT2D eigenvalue weighted by atomic mass is 9.97. The summed E-state index contributed by atoms with van der Waals surface area (Å²) in [6.45, 7) is 13.5. The average molecular weight is 925 g/mol. The summed E-state index contributed by atoms with van der Waals surface area (Å²) in [5.74, 6) is 2.32. The van der Waals surface area contributed by atoms with Crippen LogP contribution in [0.1, 0.15) is 88.9 Å². The predicted octanol–water partition coefficient (Wildman–Crippen LogP) is -0.122. The van der Waals surface area contributed by atoms with Gasteiger partial charge in [0, 0.05) is 65.3 Å². The molecule has 2 saturated heterocycles. The van der Waals surface area contributed by atoms with E-state index in [4.69, 9.17) is 47.1 Å². The van der Waals surface area contributed by atoms with Gasteiger partial charge in [-0.1, -0.05) is 56.9 Å². The van der Waals surface area contributed by atoms with Crippen molar-refractivity contribution in [3.05, 3.63) is 23.8 Å². The zero-order valence-electron chi connectivity index (χ0n) is 38.7. The van der Waals surface area contributed by atoms with Crippen LogP contribution < -0.4 is 26.6 Å². The first kappa shape index (κ1) is 51.4. The third kappa shape index (κ3) is 14.2. The van der Waals surface area contributed by atoms with Crippen molar-refractivity contribution in [1.82, 2.24) is 54.7 Å². The van der Waals surface area contributed by atoms with Crippen molar-refractivity contribution >= 4 is 35.6 Å². The SMILES string of the molecule is C#CCOCCOCCOCCNc1nc(N2CCN(C(=O)C([C@@H](C)CC)n3cc(C(N)CO)nn3)CC2)nc(N2CCN(C(=O)[C@H](CCC(=O)O)n3cc(C(N)[C@H](C)CC)nn3)CC2)n1. The van der Waals surface area contributed by atoms with Crippen LogP contribution in [0.2, 0.25) is 0 Å². The number of aliphatic hydroxyl groups excluding tert-OH is 1. The van der Waals surface area contributed by atoms with Crippen molar-refractivity contribution in [2.75, 3.05) is 120 Å². The van der Waals surface area contributed by atoms with E-state index >= 15 is 0 Å². The fourth-order valence-electron chi connectivity index (χ4n) is 7.47. The lowest BCUT2D eigenvalue weighted by Crippen LogP contribution is -2.52. The van der Waals surface area contributed by atoms with Gasteiger partial charge in [0.1, 0.15) is 24.4 Å². The van der Waals surface area contributed by atoms with E-state index in [0.29, 0.717) is 121 Å². The molecule has 5 rings (SSSR count). The Balaban J connectivity index is 1.27. The largest absolute Gasteiger partial charge is 0.481 e. The molecule has 2 aliphatic rings. The molecule has 24 heteroatoms. The van der Waals surface area contributed by atoms with Gasteiger partial charge < -0.3 is 60.8 Å². The molecular weight excluding hydrogens is 857 g/mol. The van der Waals surface area contributed by atoms with Gasteiger partial charge in [0.05, 0.1) is 69.8 Å². The summed E-state index contributed by atoms with van der Waals surface area (Å²) in [6, 6.07) is -2.55. The molecule has 0 bridgehead atoms. The Morgan fingerprint density at radius 3 is 1.89 bits per heavy atom. The van der Waals surface area contributed by atoms with E-state index in [9.17, 15) is 24.6 Å². The van der Waals surface area contributed by atoms with Gasteiger partial charge in [-0.25, -0.2) is 9.36 Å². The van der Waals surface area contributed by atoms with Gasteiger partial charge in [-0.3, -0.25) is 14.4 Å². The van der Waals surface area contributed by atoms with Crippen molar-refractivity contribution in [3.63, 3.8) is 0 Å². The molecule has 0 saturated carbocycles. The van der Waals surface area contributed by atoms with E-state index in [0.717, 1.165) is 12.8 Å². The number of nitrogens with one attached hydrogen (secondary N) is 1. The van der Waals surface area contributed by atoms with E-state index in [-0.39, 0.29) is 55.7 Å². The molecule has 3 unspecified atom stereocenters. The quantitative estimate of drug-likeness (QED) is 0.0492. The highest BCUT2D eigenvalue weighted by atomic mass is 16.5. The molecule has 3 aromatic rings. The molecule has 0 aliphatic carbocycles. The predicted molar refractivity (Wildman–Crippen MR) is 242 cm³/mol. The van der Waals surface area contributed by atoms with Gasteiger partial charge in [0.2, 0.25) is 29.7 Å². The van der Waals surface area contributed by atoms with Crippen molar-refractivity contribution in [2.45, 2.75) is 77.5 Å². The number of terminal acetylenes is 1. The Hall–Kier alpha value is -5.58. The minimum atomic E-state index is -1.02. The smallest absolute Gasteiger partial charge is 0.303 e. The maximum absolute atomic E-state index is 14.1. The molecule has 364 valence electrons. The number of hydrogen-bond donors (Lipinski definition) is 5. The summed E-state index contributed by atoms with van der Waals surface area (Å²) < 4.78 is 19.5. The number of carbonyl (C=O) groups is 3. The molecule has 2 aliphatic heterocycles. The number of nitrogens with zero attached hydrogens (tertiary/aromatic N) is 13. The van der Waals surface area contributed by atoms with Gasteiger partial charge in [-0.2, -0.15) is 15.0 Å². The van der Waals surface area contributed by atoms with E-state index in [1.807, 2.05) is 42.4 Å². The Labute approximate surface area is 385 Å². The zero-order valence-corrected chi connectivity index (χ0v) is 38.7. The molecular formula is C42H68N16O8. The molecule has 6 atom stereocenters. The first-order valence-electron chi connectivity index (χ1n) is 22.8. The van der Waals surface area contributed by atoms with Crippen molar-refractivity contribution < 1.29 is 38.8 Å². The fraction of sp³-hybridized carbons (Fsp3) is 0.714. The van der Waals surface area contributed by atoms with Crippen LogP contribution in [0.15, 0.2) is 12.4 Å². The summed E-state index contributed by atoms with van der Waals surface area (Å²) in [5.41, 5.74) is 13.3. The number of ether oxygens (including phenoxy) is 3. The average Bonchev–Trinajstić information content (AvgIpc) is 4.04. The van der Waals surface area contributed by atoms with Crippen molar-refractivity contribution in [1.29, 1.82) is 0 Å². The second kappa shape index (κ2) is 25.9. The summed E-state index contributed by atoms with van der Waals surface area (Å²) >= 11 is 0. The molecule has 3 aromatic heterocycles. The number of piperazine rings is 2.